The molecule has 3 aromatic rings. The number of thiazole rings is 1. The second kappa shape index (κ2) is 7.72. The fourth-order valence-corrected chi connectivity index (χ4v) is 3.14. The topological polar surface area (TPSA) is 68.3 Å². The second-order valence-electron chi connectivity index (χ2n) is 5.32. The van der Waals surface area contributed by atoms with Crippen LogP contribution in [0, 0.1) is 6.92 Å². The summed E-state index contributed by atoms with van der Waals surface area (Å²) in [5, 5.41) is 2.92. The van der Waals surface area contributed by atoms with E-state index < -0.39 is 6.09 Å². The molecule has 126 valence electrons. The van der Waals surface area contributed by atoms with Gasteiger partial charge in [-0.1, -0.05) is 72.0 Å². The van der Waals surface area contributed by atoms with Crippen LogP contribution in [0.2, 0.25) is 0 Å². The molecule has 5 nitrogen and oxygen atoms in total. The summed E-state index contributed by atoms with van der Waals surface area (Å²) in [6.45, 7) is 1.92. The summed E-state index contributed by atoms with van der Waals surface area (Å²) in [4.78, 5) is 29.1. The van der Waals surface area contributed by atoms with Gasteiger partial charge in [0.05, 0.1) is 10.6 Å². The zero-order valence-electron chi connectivity index (χ0n) is 13.6. The van der Waals surface area contributed by atoms with Gasteiger partial charge in [-0.3, -0.25) is 10.1 Å². The molecule has 0 spiro atoms. The highest BCUT2D eigenvalue weighted by Crippen LogP contribution is 2.25. The molecule has 0 aliphatic carbocycles. The number of anilines is 1. The summed E-state index contributed by atoms with van der Waals surface area (Å²) in [6.07, 6.45) is -0.601. The van der Waals surface area contributed by atoms with Gasteiger partial charge in [0.2, 0.25) is 5.78 Å². The number of ketones is 1. The Labute approximate surface area is 149 Å². The third-order valence-electron chi connectivity index (χ3n) is 3.46. The molecule has 0 bridgehead atoms. The van der Waals surface area contributed by atoms with Crippen molar-refractivity contribution in [3.8, 4) is 0 Å². The molecule has 0 aliphatic rings. The zero-order valence-corrected chi connectivity index (χ0v) is 14.4. The van der Waals surface area contributed by atoms with Crippen LogP contribution < -0.4 is 5.32 Å². The molecule has 2 aromatic carbocycles. The van der Waals surface area contributed by atoms with E-state index in [9.17, 15) is 9.59 Å². The Kier molecular flexibility index (Phi) is 5.20. The molecular formula is C19H16N2O3S. The summed E-state index contributed by atoms with van der Waals surface area (Å²) in [5.41, 5.74) is 2.07. The molecule has 0 unspecified atom stereocenters. The zero-order chi connectivity index (χ0) is 17.6. The summed E-state index contributed by atoms with van der Waals surface area (Å²) in [7, 11) is 0. The fourth-order valence-electron chi connectivity index (χ4n) is 2.23. The maximum Gasteiger partial charge on any atom is 0.413 e. The monoisotopic (exact) mass is 352 g/mol. The first kappa shape index (κ1) is 16.9. The molecule has 1 amide bonds. The molecular weight excluding hydrogens is 336 g/mol. The standard InChI is InChI=1S/C19H16N2O3S/c1-13-17(16(22)15-10-6-3-7-11-15)25-18(20-13)21-19(23)24-12-14-8-4-2-5-9-14/h2-11H,12H2,1H3,(H,20,21,23). The van der Waals surface area contributed by atoms with Gasteiger partial charge in [0.1, 0.15) is 6.61 Å². The maximum atomic E-state index is 12.5. The summed E-state index contributed by atoms with van der Waals surface area (Å²) in [6, 6.07) is 18.4. The van der Waals surface area contributed by atoms with Crippen LogP contribution in [0.3, 0.4) is 0 Å². The fraction of sp³-hybridized carbons (Fsp3) is 0.105. The van der Waals surface area contributed by atoms with Crippen LogP contribution in [0.5, 0.6) is 0 Å². The van der Waals surface area contributed by atoms with E-state index in [-0.39, 0.29) is 12.4 Å². The van der Waals surface area contributed by atoms with Crippen molar-refractivity contribution in [2.24, 2.45) is 0 Å². The first-order valence-electron chi connectivity index (χ1n) is 7.68. The van der Waals surface area contributed by atoms with E-state index in [0.29, 0.717) is 21.3 Å². The molecule has 3 rings (SSSR count). The molecule has 0 saturated heterocycles. The number of carbonyl (C=O) groups is 2. The molecule has 1 aromatic heterocycles. The van der Waals surface area contributed by atoms with E-state index in [4.69, 9.17) is 4.74 Å². The summed E-state index contributed by atoms with van der Waals surface area (Å²) >= 11 is 1.14. The lowest BCUT2D eigenvalue weighted by molar-refractivity contribution is 0.104. The number of nitrogens with zero attached hydrogens (tertiary/aromatic N) is 1. The van der Waals surface area contributed by atoms with E-state index in [2.05, 4.69) is 10.3 Å². The van der Waals surface area contributed by atoms with Gasteiger partial charge in [-0.2, -0.15) is 0 Å². The van der Waals surface area contributed by atoms with Crippen LogP contribution in [-0.4, -0.2) is 16.9 Å². The van der Waals surface area contributed by atoms with Gasteiger partial charge in [-0.25, -0.2) is 9.78 Å². The first-order chi connectivity index (χ1) is 12.1. The van der Waals surface area contributed by atoms with Crippen LogP contribution in [0.4, 0.5) is 9.93 Å². The number of carbonyl (C=O) groups excluding carboxylic acids is 2. The molecule has 6 heteroatoms. The molecule has 0 fully saturated rings. The maximum absolute atomic E-state index is 12.5. The van der Waals surface area contributed by atoms with E-state index in [1.54, 1.807) is 19.1 Å². The highest BCUT2D eigenvalue weighted by atomic mass is 32.1. The van der Waals surface area contributed by atoms with Gasteiger partial charge in [-0.15, -0.1) is 0 Å². The van der Waals surface area contributed by atoms with Crippen molar-refractivity contribution in [3.05, 3.63) is 82.4 Å². The smallest absolute Gasteiger partial charge is 0.413 e. The number of amides is 1. The normalized spacial score (nSPS) is 10.3. The van der Waals surface area contributed by atoms with Crippen LogP contribution in [0.25, 0.3) is 0 Å². The predicted molar refractivity (Wildman–Crippen MR) is 97.0 cm³/mol. The van der Waals surface area contributed by atoms with Crippen LogP contribution in [-0.2, 0) is 11.3 Å². The number of aryl methyl sites for hydroxylation is 1. The molecule has 1 heterocycles. The van der Waals surface area contributed by atoms with Crippen molar-refractivity contribution in [3.63, 3.8) is 0 Å². The van der Waals surface area contributed by atoms with Crippen LogP contribution in [0.15, 0.2) is 60.7 Å². The molecule has 1 N–H and O–H groups in total. The lowest BCUT2D eigenvalue weighted by Crippen LogP contribution is -2.13. The lowest BCUT2D eigenvalue weighted by Gasteiger charge is -2.04. The Hall–Kier alpha value is -2.99. The van der Waals surface area contributed by atoms with Crippen molar-refractivity contribution in [1.29, 1.82) is 0 Å². The van der Waals surface area contributed by atoms with Gasteiger partial charge in [0.15, 0.2) is 5.13 Å². The summed E-state index contributed by atoms with van der Waals surface area (Å²) in [5.74, 6) is -0.110. The number of rotatable bonds is 5. The van der Waals surface area contributed by atoms with Crippen molar-refractivity contribution in [1.82, 2.24) is 4.98 Å². The SMILES string of the molecule is Cc1nc(NC(=O)OCc2ccccc2)sc1C(=O)c1ccccc1. The average Bonchev–Trinajstić information content (AvgIpc) is 3.01. The third kappa shape index (κ3) is 4.30. The number of hydrogen-bond acceptors (Lipinski definition) is 5. The molecule has 0 saturated carbocycles. The van der Waals surface area contributed by atoms with Gasteiger partial charge >= 0.3 is 6.09 Å². The molecule has 0 aliphatic heterocycles. The lowest BCUT2D eigenvalue weighted by atomic mass is 10.1. The molecule has 0 atom stereocenters. The van der Waals surface area contributed by atoms with Gasteiger partial charge in [0.25, 0.3) is 0 Å². The Morgan fingerprint density at radius 1 is 1.04 bits per heavy atom. The Balaban J connectivity index is 1.64. The quantitative estimate of drug-likeness (QED) is 0.690. The van der Waals surface area contributed by atoms with Crippen LogP contribution >= 0.6 is 11.3 Å². The average molecular weight is 352 g/mol. The minimum absolute atomic E-state index is 0.110. The van der Waals surface area contributed by atoms with Crippen molar-refractivity contribution >= 4 is 28.3 Å². The number of nitrogens with one attached hydrogen (secondary N) is 1. The largest absolute Gasteiger partial charge is 0.444 e. The number of hydrogen-bond donors (Lipinski definition) is 1. The van der Waals surface area contributed by atoms with Gasteiger partial charge < -0.3 is 4.74 Å². The minimum Gasteiger partial charge on any atom is -0.444 e. The van der Waals surface area contributed by atoms with E-state index in [1.165, 1.54) is 0 Å². The molecule has 0 radical (unpaired) electrons. The third-order valence-corrected chi connectivity index (χ3v) is 4.53. The van der Waals surface area contributed by atoms with E-state index >= 15 is 0 Å². The van der Waals surface area contributed by atoms with Crippen LogP contribution in [0.1, 0.15) is 26.5 Å². The Bertz CT molecular complexity index is 876. The van der Waals surface area contributed by atoms with Crippen molar-refractivity contribution in [2.75, 3.05) is 5.32 Å². The second-order valence-corrected chi connectivity index (χ2v) is 6.31. The Morgan fingerprint density at radius 3 is 2.36 bits per heavy atom. The highest BCUT2D eigenvalue weighted by Gasteiger charge is 2.18. The number of ether oxygens (including phenoxy) is 1. The van der Waals surface area contributed by atoms with Crippen molar-refractivity contribution < 1.29 is 14.3 Å². The first-order valence-corrected chi connectivity index (χ1v) is 8.50. The van der Waals surface area contributed by atoms with Crippen molar-refractivity contribution in [2.45, 2.75) is 13.5 Å². The predicted octanol–water partition coefficient (Wildman–Crippen LogP) is 4.43. The minimum atomic E-state index is -0.601. The summed E-state index contributed by atoms with van der Waals surface area (Å²) < 4.78 is 5.16. The van der Waals surface area contributed by atoms with E-state index in [1.807, 2.05) is 48.5 Å². The molecule has 25 heavy (non-hydrogen) atoms. The number of aromatic nitrogens is 1. The van der Waals surface area contributed by atoms with Gasteiger partial charge in [-0.05, 0) is 12.5 Å². The number of benzene rings is 2. The van der Waals surface area contributed by atoms with E-state index in [0.717, 1.165) is 16.9 Å². The Morgan fingerprint density at radius 2 is 1.68 bits per heavy atom. The highest BCUT2D eigenvalue weighted by molar-refractivity contribution is 7.18. The van der Waals surface area contributed by atoms with Gasteiger partial charge in [0, 0.05) is 5.56 Å².